The van der Waals surface area contributed by atoms with Crippen molar-refractivity contribution in [1.29, 1.82) is 0 Å². The molecule has 2 rings (SSSR count). The average molecular weight is 259 g/mol. The van der Waals surface area contributed by atoms with Gasteiger partial charge >= 0.3 is 0 Å². The van der Waals surface area contributed by atoms with Gasteiger partial charge in [-0.1, -0.05) is 24.3 Å². The summed E-state index contributed by atoms with van der Waals surface area (Å²) in [5.41, 5.74) is 2.58. The molecule has 0 fully saturated rings. The number of phenolic OH excluding ortho intramolecular Hbond substituents is 1. The number of nitrogens with one attached hydrogen (secondary N) is 1. The van der Waals surface area contributed by atoms with E-state index in [-0.39, 0.29) is 17.6 Å². The molecule has 0 heterocycles. The van der Waals surface area contributed by atoms with Crippen molar-refractivity contribution in [3.8, 4) is 5.75 Å². The van der Waals surface area contributed by atoms with Gasteiger partial charge in [-0.3, -0.25) is 0 Å². The van der Waals surface area contributed by atoms with Gasteiger partial charge in [-0.2, -0.15) is 0 Å². The number of aromatic hydroxyl groups is 1. The Balaban J connectivity index is 2.01. The molecular weight excluding hydrogens is 241 g/mol. The zero-order chi connectivity index (χ0) is 13.8. The summed E-state index contributed by atoms with van der Waals surface area (Å²) in [5.74, 6) is 0.0804. The van der Waals surface area contributed by atoms with Crippen LogP contribution in [-0.4, -0.2) is 5.11 Å². The Morgan fingerprint density at radius 1 is 1.21 bits per heavy atom. The molecule has 2 aromatic carbocycles. The van der Waals surface area contributed by atoms with Crippen molar-refractivity contribution < 1.29 is 9.50 Å². The van der Waals surface area contributed by atoms with E-state index in [1.807, 2.05) is 25.1 Å². The summed E-state index contributed by atoms with van der Waals surface area (Å²) in [6.07, 6.45) is 0. The van der Waals surface area contributed by atoms with Crippen LogP contribution >= 0.6 is 0 Å². The normalized spacial score (nSPS) is 12.4. The molecule has 0 aliphatic heterocycles. The zero-order valence-corrected chi connectivity index (χ0v) is 11.2. The van der Waals surface area contributed by atoms with Crippen LogP contribution in [0.5, 0.6) is 5.75 Å². The van der Waals surface area contributed by atoms with Gasteiger partial charge in [-0.25, -0.2) is 4.39 Å². The summed E-state index contributed by atoms with van der Waals surface area (Å²) in [7, 11) is 0. The lowest BCUT2D eigenvalue weighted by molar-refractivity contribution is 0.473. The topological polar surface area (TPSA) is 32.3 Å². The fourth-order valence-corrected chi connectivity index (χ4v) is 1.93. The molecule has 3 heteroatoms. The zero-order valence-electron chi connectivity index (χ0n) is 11.2. The number of hydrogen-bond acceptors (Lipinski definition) is 2. The van der Waals surface area contributed by atoms with Gasteiger partial charge in [0.1, 0.15) is 11.6 Å². The first kappa shape index (κ1) is 13.6. The predicted octanol–water partition coefficient (Wildman–Crippen LogP) is 3.69. The van der Waals surface area contributed by atoms with Crippen molar-refractivity contribution in [1.82, 2.24) is 5.32 Å². The van der Waals surface area contributed by atoms with E-state index in [1.54, 1.807) is 31.2 Å². The van der Waals surface area contributed by atoms with E-state index < -0.39 is 0 Å². The molecule has 1 atom stereocenters. The van der Waals surface area contributed by atoms with Crippen molar-refractivity contribution in [2.24, 2.45) is 0 Å². The van der Waals surface area contributed by atoms with Gasteiger partial charge in [0.25, 0.3) is 0 Å². The van der Waals surface area contributed by atoms with Gasteiger partial charge in [-0.15, -0.1) is 0 Å². The van der Waals surface area contributed by atoms with Crippen molar-refractivity contribution in [2.75, 3.05) is 0 Å². The maximum absolute atomic E-state index is 13.5. The van der Waals surface area contributed by atoms with Gasteiger partial charge in [0.15, 0.2) is 0 Å². The Morgan fingerprint density at radius 2 is 2.00 bits per heavy atom. The van der Waals surface area contributed by atoms with Crippen LogP contribution in [0.4, 0.5) is 4.39 Å². The highest BCUT2D eigenvalue weighted by atomic mass is 19.1. The largest absolute Gasteiger partial charge is 0.508 e. The minimum atomic E-state index is -0.177. The maximum Gasteiger partial charge on any atom is 0.126 e. The van der Waals surface area contributed by atoms with Gasteiger partial charge in [0, 0.05) is 12.6 Å². The smallest absolute Gasteiger partial charge is 0.126 e. The van der Waals surface area contributed by atoms with E-state index >= 15 is 0 Å². The maximum atomic E-state index is 13.5. The van der Waals surface area contributed by atoms with E-state index in [2.05, 4.69) is 5.32 Å². The molecule has 19 heavy (non-hydrogen) atoms. The monoisotopic (exact) mass is 259 g/mol. The highest BCUT2D eigenvalue weighted by Crippen LogP contribution is 2.17. The van der Waals surface area contributed by atoms with E-state index in [1.165, 1.54) is 0 Å². The molecule has 2 nitrogen and oxygen atoms in total. The van der Waals surface area contributed by atoms with Crippen LogP contribution < -0.4 is 5.32 Å². The second kappa shape index (κ2) is 5.85. The van der Waals surface area contributed by atoms with Crippen LogP contribution in [0.15, 0.2) is 42.5 Å². The predicted molar refractivity (Wildman–Crippen MR) is 74.5 cm³/mol. The summed E-state index contributed by atoms with van der Waals surface area (Å²) >= 11 is 0. The molecule has 0 bridgehead atoms. The fourth-order valence-electron chi connectivity index (χ4n) is 1.93. The van der Waals surface area contributed by atoms with Crippen LogP contribution in [0.2, 0.25) is 0 Å². The highest BCUT2D eigenvalue weighted by Gasteiger charge is 2.07. The number of hydrogen-bond donors (Lipinski definition) is 2. The summed E-state index contributed by atoms with van der Waals surface area (Å²) < 4.78 is 13.5. The molecule has 0 radical (unpaired) electrons. The molecule has 0 saturated carbocycles. The molecule has 0 spiro atoms. The van der Waals surface area contributed by atoms with Crippen molar-refractivity contribution in [3.05, 3.63) is 65.0 Å². The van der Waals surface area contributed by atoms with Crippen LogP contribution in [0, 0.1) is 12.7 Å². The van der Waals surface area contributed by atoms with Gasteiger partial charge in [0.05, 0.1) is 0 Å². The van der Waals surface area contributed by atoms with Crippen LogP contribution in [0.25, 0.3) is 0 Å². The van der Waals surface area contributed by atoms with E-state index in [9.17, 15) is 9.50 Å². The van der Waals surface area contributed by atoms with E-state index in [0.717, 1.165) is 11.1 Å². The molecular formula is C16H18FNO. The van der Waals surface area contributed by atoms with E-state index in [4.69, 9.17) is 0 Å². The quantitative estimate of drug-likeness (QED) is 0.877. The minimum Gasteiger partial charge on any atom is -0.508 e. The number of benzene rings is 2. The summed E-state index contributed by atoms with van der Waals surface area (Å²) in [4.78, 5) is 0. The molecule has 100 valence electrons. The summed E-state index contributed by atoms with van der Waals surface area (Å²) in [5, 5.41) is 12.7. The number of phenols is 1. The SMILES string of the molecule is Cc1ccc(C(C)NCc2cccc(O)c2)cc1F. The third kappa shape index (κ3) is 3.55. The summed E-state index contributed by atoms with van der Waals surface area (Å²) in [6.45, 7) is 4.38. The number of aryl methyl sites for hydroxylation is 1. The second-order valence-electron chi connectivity index (χ2n) is 4.78. The third-order valence-electron chi connectivity index (χ3n) is 3.22. The Hall–Kier alpha value is -1.87. The lowest BCUT2D eigenvalue weighted by Gasteiger charge is -2.15. The van der Waals surface area contributed by atoms with Gasteiger partial charge in [-0.05, 0) is 48.7 Å². The minimum absolute atomic E-state index is 0.0532. The van der Waals surface area contributed by atoms with Crippen molar-refractivity contribution in [2.45, 2.75) is 26.4 Å². The lowest BCUT2D eigenvalue weighted by Crippen LogP contribution is -2.18. The van der Waals surface area contributed by atoms with E-state index in [0.29, 0.717) is 12.1 Å². The van der Waals surface area contributed by atoms with Crippen LogP contribution in [-0.2, 0) is 6.54 Å². The van der Waals surface area contributed by atoms with Gasteiger partial charge < -0.3 is 10.4 Å². The molecule has 0 amide bonds. The standard InChI is InChI=1S/C16H18FNO/c1-11-6-7-14(9-16(11)17)12(2)18-10-13-4-3-5-15(19)8-13/h3-9,12,18-19H,10H2,1-2H3. The average Bonchev–Trinajstić information content (AvgIpc) is 2.39. The third-order valence-corrected chi connectivity index (χ3v) is 3.22. The fraction of sp³-hybridized carbons (Fsp3) is 0.250. The molecule has 1 unspecified atom stereocenters. The molecule has 2 N–H and O–H groups in total. The van der Waals surface area contributed by atoms with Crippen LogP contribution in [0.1, 0.15) is 29.7 Å². The molecule has 0 aliphatic carbocycles. The number of halogens is 1. The molecule has 0 aromatic heterocycles. The first-order chi connectivity index (χ1) is 9.06. The van der Waals surface area contributed by atoms with Crippen molar-refractivity contribution in [3.63, 3.8) is 0 Å². The number of rotatable bonds is 4. The first-order valence-corrected chi connectivity index (χ1v) is 6.33. The Labute approximate surface area is 112 Å². The second-order valence-corrected chi connectivity index (χ2v) is 4.78. The molecule has 0 saturated heterocycles. The lowest BCUT2D eigenvalue weighted by atomic mass is 10.1. The molecule has 2 aromatic rings. The Morgan fingerprint density at radius 3 is 2.68 bits per heavy atom. The van der Waals surface area contributed by atoms with Crippen LogP contribution in [0.3, 0.4) is 0 Å². The molecule has 0 aliphatic rings. The Kier molecular flexibility index (Phi) is 4.17. The van der Waals surface area contributed by atoms with Gasteiger partial charge in [0.2, 0.25) is 0 Å². The Bertz CT molecular complexity index is 568. The van der Waals surface area contributed by atoms with Crippen molar-refractivity contribution >= 4 is 0 Å². The highest BCUT2D eigenvalue weighted by molar-refractivity contribution is 5.28. The first-order valence-electron chi connectivity index (χ1n) is 6.33. The summed E-state index contributed by atoms with van der Waals surface area (Å²) in [6, 6.07) is 12.4.